The van der Waals surface area contributed by atoms with Gasteiger partial charge in [0.25, 0.3) is 0 Å². The van der Waals surface area contributed by atoms with E-state index in [1.165, 1.54) is 12.1 Å². The topological polar surface area (TPSA) is 44.1 Å². The number of benzene rings is 1. The molecule has 0 spiro atoms. The van der Waals surface area contributed by atoms with Crippen LogP contribution in [0.5, 0.6) is 5.75 Å². The molecule has 2 rings (SSSR count). The van der Waals surface area contributed by atoms with Gasteiger partial charge in [-0.2, -0.15) is 5.10 Å². The van der Waals surface area contributed by atoms with Crippen molar-refractivity contribution in [3.63, 3.8) is 0 Å². The molecule has 1 aromatic heterocycles. The van der Waals surface area contributed by atoms with E-state index in [0.29, 0.717) is 29.2 Å². The average Bonchev–Trinajstić information content (AvgIpc) is 2.73. The molecule has 0 aliphatic carbocycles. The first-order valence-electron chi connectivity index (χ1n) is 6.16. The number of aryl methyl sites for hydroxylation is 2. The van der Waals surface area contributed by atoms with Crippen LogP contribution in [0, 0.1) is 12.7 Å². The molecule has 0 radical (unpaired) electrons. The van der Waals surface area contributed by atoms with Gasteiger partial charge in [-0.3, -0.25) is 9.48 Å². The summed E-state index contributed by atoms with van der Waals surface area (Å²) in [6, 6.07) is 4.05. The molecule has 106 valence electrons. The average molecular weight is 297 g/mol. The van der Waals surface area contributed by atoms with Crippen LogP contribution in [-0.2, 0) is 13.2 Å². The Bertz CT molecular complexity index is 640. The van der Waals surface area contributed by atoms with Gasteiger partial charge in [0.1, 0.15) is 12.9 Å². The van der Waals surface area contributed by atoms with Gasteiger partial charge in [-0.1, -0.05) is 11.6 Å². The Morgan fingerprint density at radius 1 is 1.50 bits per heavy atom. The van der Waals surface area contributed by atoms with Crippen molar-refractivity contribution in [1.82, 2.24) is 9.78 Å². The molecule has 0 atom stereocenters. The third-order valence-corrected chi connectivity index (χ3v) is 3.40. The number of ether oxygens (including phenoxy) is 1. The highest BCUT2D eigenvalue weighted by Gasteiger charge is 2.14. The predicted molar refractivity (Wildman–Crippen MR) is 73.8 cm³/mol. The summed E-state index contributed by atoms with van der Waals surface area (Å²) in [6.45, 7) is 4.51. The fourth-order valence-corrected chi connectivity index (χ4v) is 2.05. The molecule has 0 amide bonds. The zero-order valence-corrected chi connectivity index (χ0v) is 11.9. The van der Waals surface area contributed by atoms with Crippen LogP contribution in [0.3, 0.4) is 0 Å². The van der Waals surface area contributed by atoms with Crippen LogP contribution >= 0.6 is 11.6 Å². The molecule has 0 aliphatic rings. The van der Waals surface area contributed by atoms with E-state index in [4.69, 9.17) is 16.3 Å². The Morgan fingerprint density at radius 3 is 2.85 bits per heavy atom. The second-order valence-corrected chi connectivity index (χ2v) is 4.64. The summed E-state index contributed by atoms with van der Waals surface area (Å²) >= 11 is 6.14. The number of carbonyl (C=O) groups is 1. The lowest BCUT2D eigenvalue weighted by atomic mass is 10.2. The molecule has 1 heterocycles. The third kappa shape index (κ3) is 2.82. The van der Waals surface area contributed by atoms with Crippen LogP contribution in [0.25, 0.3) is 0 Å². The van der Waals surface area contributed by atoms with Gasteiger partial charge in [-0.05, 0) is 32.0 Å². The smallest absolute Gasteiger partial charge is 0.165 e. The first kappa shape index (κ1) is 14.5. The van der Waals surface area contributed by atoms with E-state index in [0.717, 1.165) is 6.07 Å². The van der Waals surface area contributed by atoms with Crippen molar-refractivity contribution in [2.75, 3.05) is 0 Å². The van der Waals surface area contributed by atoms with E-state index in [9.17, 15) is 9.18 Å². The van der Waals surface area contributed by atoms with Crippen molar-refractivity contribution < 1.29 is 13.9 Å². The molecule has 0 unspecified atom stereocenters. The van der Waals surface area contributed by atoms with E-state index in [1.807, 2.05) is 6.92 Å². The predicted octanol–water partition coefficient (Wildman–Crippen LogP) is 3.40. The highest BCUT2D eigenvalue weighted by Crippen LogP contribution is 2.24. The van der Waals surface area contributed by atoms with Crippen LogP contribution in [0.2, 0.25) is 5.02 Å². The SMILES string of the molecule is CCn1nc(C)c(Cl)c1COc1ccc(C=O)cc1F. The van der Waals surface area contributed by atoms with Gasteiger partial charge in [0.15, 0.2) is 11.6 Å². The first-order valence-corrected chi connectivity index (χ1v) is 6.54. The molecule has 0 aliphatic heterocycles. The maximum absolute atomic E-state index is 13.7. The molecule has 20 heavy (non-hydrogen) atoms. The number of rotatable bonds is 5. The third-order valence-electron chi connectivity index (χ3n) is 2.91. The number of halogens is 2. The molecule has 0 fully saturated rings. The Labute approximate surface area is 121 Å². The lowest BCUT2D eigenvalue weighted by Crippen LogP contribution is -2.07. The summed E-state index contributed by atoms with van der Waals surface area (Å²) < 4.78 is 20.8. The molecule has 0 saturated heterocycles. The molecule has 1 aromatic carbocycles. The molecule has 2 aromatic rings. The number of aldehydes is 1. The zero-order chi connectivity index (χ0) is 14.7. The maximum atomic E-state index is 13.7. The summed E-state index contributed by atoms with van der Waals surface area (Å²) in [5.74, 6) is -0.502. The number of carbonyl (C=O) groups excluding carboxylic acids is 1. The molecular formula is C14H14ClFN2O2. The van der Waals surface area contributed by atoms with Crippen molar-refractivity contribution in [3.8, 4) is 5.75 Å². The summed E-state index contributed by atoms with van der Waals surface area (Å²) in [5, 5.41) is 4.78. The quantitative estimate of drug-likeness (QED) is 0.794. The molecule has 0 bridgehead atoms. The van der Waals surface area contributed by atoms with E-state index >= 15 is 0 Å². The molecule has 4 nitrogen and oxygen atoms in total. The standard InChI is InChI=1S/C14H14ClFN2O2/c1-3-18-12(14(15)9(2)17-18)8-20-13-5-4-10(7-19)6-11(13)16/h4-7H,3,8H2,1-2H3. The van der Waals surface area contributed by atoms with E-state index < -0.39 is 5.82 Å². The second kappa shape index (κ2) is 6.05. The van der Waals surface area contributed by atoms with Gasteiger partial charge in [0, 0.05) is 12.1 Å². The highest BCUT2D eigenvalue weighted by molar-refractivity contribution is 6.31. The fourth-order valence-electron chi connectivity index (χ4n) is 1.86. The second-order valence-electron chi connectivity index (χ2n) is 4.26. The van der Waals surface area contributed by atoms with Crippen molar-refractivity contribution in [3.05, 3.63) is 46.0 Å². The minimum atomic E-state index is -0.579. The van der Waals surface area contributed by atoms with Crippen LogP contribution in [-0.4, -0.2) is 16.1 Å². The zero-order valence-electron chi connectivity index (χ0n) is 11.2. The maximum Gasteiger partial charge on any atom is 0.165 e. The first-order chi connectivity index (χ1) is 9.56. The van der Waals surface area contributed by atoms with Crippen LogP contribution < -0.4 is 4.74 Å². The van der Waals surface area contributed by atoms with E-state index in [1.54, 1.807) is 11.6 Å². The lowest BCUT2D eigenvalue weighted by molar-refractivity contribution is 0.112. The largest absolute Gasteiger partial charge is 0.484 e. The van der Waals surface area contributed by atoms with Crippen molar-refractivity contribution in [2.45, 2.75) is 27.0 Å². The van der Waals surface area contributed by atoms with Gasteiger partial charge < -0.3 is 4.74 Å². The molecule has 0 saturated carbocycles. The molecular weight excluding hydrogens is 283 g/mol. The summed E-state index contributed by atoms with van der Waals surface area (Å²) in [6.07, 6.45) is 0.583. The molecule has 0 N–H and O–H groups in total. The monoisotopic (exact) mass is 296 g/mol. The number of hydrogen-bond acceptors (Lipinski definition) is 3. The summed E-state index contributed by atoms with van der Waals surface area (Å²) in [7, 11) is 0. The van der Waals surface area contributed by atoms with Gasteiger partial charge in [0.2, 0.25) is 0 Å². The van der Waals surface area contributed by atoms with Gasteiger partial charge in [-0.15, -0.1) is 0 Å². The van der Waals surface area contributed by atoms with Gasteiger partial charge in [-0.25, -0.2) is 4.39 Å². The minimum absolute atomic E-state index is 0.0770. The van der Waals surface area contributed by atoms with Gasteiger partial charge >= 0.3 is 0 Å². The Balaban J connectivity index is 2.18. The van der Waals surface area contributed by atoms with Crippen molar-refractivity contribution in [1.29, 1.82) is 0 Å². The summed E-state index contributed by atoms with van der Waals surface area (Å²) in [5.41, 5.74) is 1.68. The normalized spacial score (nSPS) is 10.6. The van der Waals surface area contributed by atoms with Crippen molar-refractivity contribution >= 4 is 17.9 Å². The van der Waals surface area contributed by atoms with E-state index in [-0.39, 0.29) is 17.9 Å². The number of hydrogen-bond donors (Lipinski definition) is 0. The summed E-state index contributed by atoms with van der Waals surface area (Å²) in [4.78, 5) is 10.5. The van der Waals surface area contributed by atoms with Gasteiger partial charge in [0.05, 0.1) is 16.4 Å². The van der Waals surface area contributed by atoms with Crippen molar-refractivity contribution in [2.24, 2.45) is 0 Å². The molecule has 6 heteroatoms. The minimum Gasteiger partial charge on any atom is -0.484 e. The van der Waals surface area contributed by atoms with E-state index in [2.05, 4.69) is 5.10 Å². The lowest BCUT2D eigenvalue weighted by Gasteiger charge is -2.09. The van der Waals surface area contributed by atoms with Crippen LogP contribution in [0.1, 0.15) is 28.7 Å². The van der Waals surface area contributed by atoms with Crippen LogP contribution in [0.15, 0.2) is 18.2 Å². The number of nitrogens with zero attached hydrogens (tertiary/aromatic N) is 2. The number of aromatic nitrogens is 2. The Kier molecular flexibility index (Phi) is 4.39. The highest BCUT2D eigenvalue weighted by atomic mass is 35.5. The van der Waals surface area contributed by atoms with Crippen LogP contribution in [0.4, 0.5) is 4.39 Å². The Hall–Kier alpha value is -1.88. The Morgan fingerprint density at radius 2 is 2.25 bits per heavy atom. The fraction of sp³-hybridized carbons (Fsp3) is 0.286.